The number of pyridine rings is 1. The smallest absolute Gasteiger partial charge is 0.227 e. The van der Waals surface area contributed by atoms with Crippen molar-refractivity contribution < 1.29 is 0 Å². The maximum Gasteiger partial charge on any atom is 0.227 e. The number of H-pyrrole nitrogens is 1. The molecule has 7 nitrogen and oxygen atoms in total. The highest BCUT2D eigenvalue weighted by atomic mass is 35.5. The van der Waals surface area contributed by atoms with Gasteiger partial charge in [0.2, 0.25) is 5.95 Å². The first kappa shape index (κ1) is 15.1. The highest BCUT2D eigenvalue weighted by molar-refractivity contribution is 6.29. The van der Waals surface area contributed by atoms with Gasteiger partial charge in [-0.05, 0) is 30.3 Å². The minimum absolute atomic E-state index is 0.361. The van der Waals surface area contributed by atoms with Gasteiger partial charge < -0.3 is 5.32 Å². The van der Waals surface area contributed by atoms with Crippen LogP contribution in [0.2, 0.25) is 5.15 Å². The highest BCUT2D eigenvalue weighted by Crippen LogP contribution is 2.24. The third kappa shape index (κ3) is 2.98. The molecule has 2 N–H and O–H groups in total. The van der Waals surface area contributed by atoms with Crippen molar-refractivity contribution in [3.05, 3.63) is 59.6 Å². The fourth-order valence-electron chi connectivity index (χ4n) is 2.41. The van der Waals surface area contributed by atoms with Gasteiger partial charge in [-0.2, -0.15) is 10.4 Å². The number of hydrogen-bond acceptors (Lipinski definition) is 6. The van der Waals surface area contributed by atoms with E-state index in [1.54, 1.807) is 24.5 Å². The van der Waals surface area contributed by atoms with Gasteiger partial charge in [0.1, 0.15) is 11.2 Å². The summed E-state index contributed by atoms with van der Waals surface area (Å²) in [4.78, 5) is 12.7. The molecule has 0 aliphatic carbocycles. The van der Waals surface area contributed by atoms with Crippen LogP contribution in [0.15, 0.2) is 48.9 Å². The van der Waals surface area contributed by atoms with E-state index in [1.165, 1.54) is 6.20 Å². The summed E-state index contributed by atoms with van der Waals surface area (Å²) in [6.45, 7) is 0. The molecule has 0 radical (unpaired) electrons. The first-order chi connectivity index (χ1) is 12.2. The number of anilines is 2. The van der Waals surface area contributed by atoms with Gasteiger partial charge in [0, 0.05) is 22.8 Å². The molecular formula is C17H10ClN7. The van der Waals surface area contributed by atoms with Crippen molar-refractivity contribution in [3.8, 4) is 17.3 Å². The predicted molar refractivity (Wildman–Crippen MR) is 94.4 cm³/mol. The lowest BCUT2D eigenvalue weighted by atomic mass is 10.1. The summed E-state index contributed by atoms with van der Waals surface area (Å²) in [5.41, 5.74) is 3.31. The normalized spacial score (nSPS) is 10.6. The molecule has 0 bridgehead atoms. The molecule has 0 saturated carbocycles. The van der Waals surface area contributed by atoms with E-state index in [9.17, 15) is 5.26 Å². The molecule has 4 aromatic rings. The Kier molecular flexibility index (Phi) is 3.72. The van der Waals surface area contributed by atoms with Gasteiger partial charge in [0.15, 0.2) is 0 Å². The van der Waals surface area contributed by atoms with Crippen LogP contribution in [-0.2, 0) is 0 Å². The second-order valence-corrected chi connectivity index (χ2v) is 5.62. The predicted octanol–water partition coefficient (Wildman–Crippen LogP) is 3.68. The minimum atomic E-state index is 0.361. The topological polar surface area (TPSA) is 103 Å². The van der Waals surface area contributed by atoms with E-state index in [2.05, 4.69) is 36.5 Å². The van der Waals surface area contributed by atoms with Crippen molar-refractivity contribution >= 4 is 34.1 Å². The SMILES string of the molecule is N#Cc1cnc(Nc2ccc3[nH]ncc3c2)nc1-c1ccc(Cl)nc1. The second kappa shape index (κ2) is 6.19. The van der Waals surface area contributed by atoms with Gasteiger partial charge in [0.25, 0.3) is 0 Å². The Morgan fingerprint density at radius 1 is 1.08 bits per heavy atom. The molecular weight excluding hydrogens is 338 g/mol. The van der Waals surface area contributed by atoms with Crippen molar-refractivity contribution in [1.29, 1.82) is 5.26 Å². The van der Waals surface area contributed by atoms with Crippen molar-refractivity contribution in [1.82, 2.24) is 25.1 Å². The molecule has 3 aromatic heterocycles. The Balaban J connectivity index is 1.71. The van der Waals surface area contributed by atoms with Crippen molar-refractivity contribution in [3.63, 3.8) is 0 Å². The highest BCUT2D eigenvalue weighted by Gasteiger charge is 2.10. The molecule has 25 heavy (non-hydrogen) atoms. The summed E-state index contributed by atoms with van der Waals surface area (Å²) in [5, 5.41) is 20.7. The Morgan fingerprint density at radius 3 is 2.80 bits per heavy atom. The Labute approximate surface area is 147 Å². The van der Waals surface area contributed by atoms with E-state index in [-0.39, 0.29) is 0 Å². The third-order valence-electron chi connectivity index (χ3n) is 3.61. The fraction of sp³-hybridized carbons (Fsp3) is 0. The number of nitriles is 1. The van der Waals surface area contributed by atoms with E-state index < -0.39 is 0 Å². The fourth-order valence-corrected chi connectivity index (χ4v) is 2.52. The molecule has 0 atom stereocenters. The summed E-state index contributed by atoms with van der Waals surface area (Å²) in [5.74, 6) is 0.381. The summed E-state index contributed by atoms with van der Waals surface area (Å²) < 4.78 is 0. The number of benzene rings is 1. The van der Waals surface area contributed by atoms with Crippen LogP contribution in [-0.4, -0.2) is 25.1 Å². The van der Waals surface area contributed by atoms with E-state index in [1.807, 2.05) is 18.2 Å². The molecule has 4 rings (SSSR count). The zero-order chi connectivity index (χ0) is 17.2. The van der Waals surface area contributed by atoms with Crippen LogP contribution in [0.5, 0.6) is 0 Å². The largest absolute Gasteiger partial charge is 0.324 e. The molecule has 8 heteroatoms. The lowest BCUT2D eigenvalue weighted by molar-refractivity contribution is 1.12. The third-order valence-corrected chi connectivity index (χ3v) is 3.83. The van der Waals surface area contributed by atoms with Crippen LogP contribution in [0, 0.1) is 11.3 Å². The van der Waals surface area contributed by atoms with E-state index in [0.29, 0.717) is 27.9 Å². The number of aromatic amines is 1. The number of hydrogen-bond donors (Lipinski definition) is 2. The Hall–Kier alpha value is -3.50. The van der Waals surface area contributed by atoms with E-state index in [0.717, 1.165) is 16.6 Å². The number of halogens is 1. The van der Waals surface area contributed by atoms with Gasteiger partial charge >= 0.3 is 0 Å². The lowest BCUT2D eigenvalue weighted by Crippen LogP contribution is -2.00. The van der Waals surface area contributed by atoms with E-state index in [4.69, 9.17) is 11.6 Å². The summed E-state index contributed by atoms with van der Waals surface area (Å²) >= 11 is 5.82. The number of nitrogens with zero attached hydrogens (tertiary/aromatic N) is 5. The summed E-state index contributed by atoms with van der Waals surface area (Å²) in [6.07, 6.45) is 4.80. The second-order valence-electron chi connectivity index (χ2n) is 5.23. The summed E-state index contributed by atoms with van der Waals surface area (Å²) in [7, 11) is 0. The van der Waals surface area contributed by atoms with E-state index >= 15 is 0 Å². The molecule has 120 valence electrons. The molecule has 0 saturated heterocycles. The number of rotatable bonds is 3. The Morgan fingerprint density at radius 2 is 2.00 bits per heavy atom. The number of nitrogens with one attached hydrogen (secondary N) is 2. The minimum Gasteiger partial charge on any atom is -0.324 e. The summed E-state index contributed by atoms with van der Waals surface area (Å²) in [6, 6.07) is 11.3. The average molecular weight is 348 g/mol. The Bertz CT molecular complexity index is 1100. The quantitative estimate of drug-likeness (QED) is 0.548. The first-order valence-corrected chi connectivity index (χ1v) is 7.70. The molecule has 0 aliphatic heterocycles. The van der Waals surface area contributed by atoms with Gasteiger partial charge in [-0.25, -0.2) is 15.0 Å². The number of aromatic nitrogens is 5. The zero-order valence-electron chi connectivity index (χ0n) is 12.7. The molecule has 0 spiro atoms. The van der Waals surface area contributed by atoms with Gasteiger partial charge in [-0.15, -0.1) is 0 Å². The van der Waals surface area contributed by atoms with Crippen LogP contribution >= 0.6 is 11.6 Å². The van der Waals surface area contributed by atoms with Gasteiger partial charge in [0.05, 0.1) is 29.2 Å². The molecule has 0 aliphatic rings. The van der Waals surface area contributed by atoms with Crippen LogP contribution in [0.25, 0.3) is 22.2 Å². The molecule has 0 unspecified atom stereocenters. The zero-order valence-corrected chi connectivity index (χ0v) is 13.5. The lowest BCUT2D eigenvalue weighted by Gasteiger charge is -2.08. The standard InChI is InChI=1S/C17H10ClN7/c18-15-4-1-10(7-20-15)16-12(6-19)8-21-17(24-16)23-13-2-3-14-11(5-13)9-22-25-14/h1-5,7-9H,(H,22,25)(H,21,23,24). The monoisotopic (exact) mass is 347 g/mol. The molecule has 0 amide bonds. The first-order valence-electron chi connectivity index (χ1n) is 7.32. The molecule has 3 heterocycles. The van der Waals surface area contributed by atoms with Crippen molar-refractivity contribution in [2.45, 2.75) is 0 Å². The molecule has 1 aromatic carbocycles. The van der Waals surface area contributed by atoms with Gasteiger partial charge in [-0.1, -0.05) is 11.6 Å². The maximum atomic E-state index is 9.30. The van der Waals surface area contributed by atoms with Crippen LogP contribution in [0.1, 0.15) is 5.56 Å². The number of fused-ring (bicyclic) bond motifs is 1. The average Bonchev–Trinajstić information content (AvgIpc) is 3.10. The van der Waals surface area contributed by atoms with Crippen LogP contribution < -0.4 is 5.32 Å². The van der Waals surface area contributed by atoms with Crippen molar-refractivity contribution in [2.75, 3.05) is 5.32 Å². The molecule has 0 fully saturated rings. The van der Waals surface area contributed by atoms with Crippen LogP contribution in [0.4, 0.5) is 11.6 Å². The van der Waals surface area contributed by atoms with Crippen molar-refractivity contribution in [2.24, 2.45) is 0 Å². The van der Waals surface area contributed by atoms with Crippen LogP contribution in [0.3, 0.4) is 0 Å². The van der Waals surface area contributed by atoms with Gasteiger partial charge in [-0.3, -0.25) is 5.10 Å². The maximum absolute atomic E-state index is 9.30.